The van der Waals surface area contributed by atoms with E-state index in [1.807, 2.05) is 52.0 Å². The monoisotopic (exact) mass is 638 g/mol. The van der Waals surface area contributed by atoms with Crippen LogP contribution in [0.5, 0.6) is 0 Å². The summed E-state index contributed by atoms with van der Waals surface area (Å²) in [7, 11) is 0. The van der Waals surface area contributed by atoms with Crippen LogP contribution in [-0.2, 0) is 9.59 Å². The number of ketones is 1. The van der Waals surface area contributed by atoms with Crippen LogP contribution in [0.4, 0.5) is 10.8 Å². The van der Waals surface area contributed by atoms with Crippen LogP contribution in [0.3, 0.4) is 0 Å². The van der Waals surface area contributed by atoms with E-state index in [0.29, 0.717) is 50.8 Å². The number of nitriles is 1. The van der Waals surface area contributed by atoms with Crippen LogP contribution >= 0.6 is 39.0 Å². The molecule has 2 aromatic heterocycles. The predicted molar refractivity (Wildman–Crippen MR) is 159 cm³/mol. The van der Waals surface area contributed by atoms with Crippen molar-refractivity contribution >= 4 is 61.5 Å². The van der Waals surface area contributed by atoms with Gasteiger partial charge in [-0.05, 0) is 71.4 Å². The predicted octanol–water partition coefficient (Wildman–Crippen LogP) is 6.18. The van der Waals surface area contributed by atoms with Crippen LogP contribution in [0.25, 0.3) is 0 Å². The van der Waals surface area contributed by atoms with Gasteiger partial charge in [0.2, 0.25) is 11.0 Å². The summed E-state index contributed by atoms with van der Waals surface area (Å²) in [5.74, 6) is 0.606. The maximum atomic E-state index is 13.6. The van der Waals surface area contributed by atoms with Crippen LogP contribution in [0.1, 0.15) is 49.7 Å². The molecule has 1 aromatic carbocycles. The molecule has 1 aliphatic heterocycles. The Bertz CT molecular complexity index is 1630. The second-order valence-electron chi connectivity index (χ2n) is 10.6. The number of carbonyl (C=O) groups is 2. The highest BCUT2D eigenvalue weighted by molar-refractivity contribution is 9.10. The molecule has 0 saturated carbocycles. The SMILES string of the molecule is Cc1ccc(NC(=O)CSc2nnc(N3C(N)=C(C#N)C(c4ccc(C)o4)C4=C3CC(C)(C)CC4=O)s2)c(Br)c1. The smallest absolute Gasteiger partial charge is 0.234 e. The summed E-state index contributed by atoms with van der Waals surface area (Å²) >= 11 is 5.98. The number of nitrogens with one attached hydrogen (secondary N) is 1. The minimum atomic E-state index is -0.680. The van der Waals surface area contributed by atoms with Crippen molar-refractivity contribution in [3.8, 4) is 6.07 Å². The van der Waals surface area contributed by atoms with Crippen molar-refractivity contribution in [2.45, 2.75) is 50.8 Å². The van der Waals surface area contributed by atoms with E-state index in [1.165, 1.54) is 23.1 Å². The third-order valence-electron chi connectivity index (χ3n) is 6.74. The number of aromatic nitrogens is 2. The van der Waals surface area contributed by atoms with Crippen LogP contribution in [0.15, 0.2) is 66.2 Å². The van der Waals surface area contributed by atoms with Crippen molar-refractivity contribution in [1.29, 1.82) is 5.26 Å². The lowest BCUT2D eigenvalue weighted by Crippen LogP contribution is -2.42. The Morgan fingerprint density at radius 2 is 2.08 bits per heavy atom. The summed E-state index contributed by atoms with van der Waals surface area (Å²) in [5.41, 5.74) is 9.54. The average Bonchev–Trinajstić information content (AvgIpc) is 3.52. The molecule has 3 heterocycles. The van der Waals surface area contributed by atoms with E-state index in [0.717, 1.165) is 10.0 Å². The minimum absolute atomic E-state index is 0.0476. The van der Waals surface area contributed by atoms with Crippen molar-refractivity contribution in [2.24, 2.45) is 11.1 Å². The van der Waals surface area contributed by atoms with Gasteiger partial charge in [0.05, 0.1) is 29.0 Å². The lowest BCUT2D eigenvalue weighted by molar-refractivity contribution is -0.118. The van der Waals surface area contributed by atoms with Crippen LogP contribution in [-0.4, -0.2) is 27.6 Å². The highest BCUT2D eigenvalue weighted by Crippen LogP contribution is 2.51. The zero-order valence-electron chi connectivity index (χ0n) is 22.4. The lowest BCUT2D eigenvalue weighted by Gasteiger charge is -2.42. The number of aryl methyl sites for hydroxylation is 2. The number of carbonyl (C=O) groups excluding carboxylic acids is 2. The number of anilines is 2. The van der Waals surface area contributed by atoms with Crippen molar-refractivity contribution in [3.05, 3.63) is 74.6 Å². The number of thioether (sulfide) groups is 1. The number of nitrogens with zero attached hydrogens (tertiary/aromatic N) is 4. The summed E-state index contributed by atoms with van der Waals surface area (Å²) in [5, 5.41) is 22.1. The van der Waals surface area contributed by atoms with E-state index in [4.69, 9.17) is 10.2 Å². The quantitative estimate of drug-likeness (QED) is 0.303. The molecule has 40 heavy (non-hydrogen) atoms. The third kappa shape index (κ3) is 5.46. The van der Waals surface area contributed by atoms with Gasteiger partial charge >= 0.3 is 0 Å². The number of amides is 1. The molecule has 0 bridgehead atoms. The molecule has 206 valence electrons. The van der Waals surface area contributed by atoms with E-state index in [2.05, 4.69) is 37.5 Å². The van der Waals surface area contributed by atoms with Gasteiger partial charge in [-0.1, -0.05) is 43.0 Å². The zero-order chi connectivity index (χ0) is 28.8. The normalized spacial score (nSPS) is 18.6. The number of halogens is 1. The van der Waals surface area contributed by atoms with E-state index in [1.54, 1.807) is 11.0 Å². The van der Waals surface area contributed by atoms with Gasteiger partial charge in [-0.25, -0.2) is 0 Å². The Kier molecular flexibility index (Phi) is 7.65. The molecule has 3 aromatic rings. The van der Waals surface area contributed by atoms with Gasteiger partial charge in [-0.3, -0.25) is 14.5 Å². The van der Waals surface area contributed by atoms with Gasteiger partial charge in [-0.2, -0.15) is 5.26 Å². The number of Topliss-reactive ketones (excluding diaryl/α,β-unsaturated/α-hetero) is 1. The van der Waals surface area contributed by atoms with Gasteiger partial charge in [0.15, 0.2) is 10.1 Å². The van der Waals surface area contributed by atoms with Gasteiger partial charge in [-0.15, -0.1) is 10.2 Å². The molecule has 0 spiro atoms. The largest absolute Gasteiger partial charge is 0.465 e. The first-order valence-corrected chi connectivity index (χ1v) is 15.1. The number of furan rings is 1. The summed E-state index contributed by atoms with van der Waals surface area (Å²) in [4.78, 5) is 27.9. The minimum Gasteiger partial charge on any atom is -0.465 e. The molecule has 0 radical (unpaired) electrons. The second kappa shape index (κ2) is 10.9. The van der Waals surface area contributed by atoms with Gasteiger partial charge in [0.25, 0.3) is 0 Å². The number of hydrogen-bond acceptors (Lipinski definition) is 10. The van der Waals surface area contributed by atoms with Crippen LogP contribution in [0.2, 0.25) is 0 Å². The molecule has 1 unspecified atom stereocenters. The van der Waals surface area contributed by atoms with Crippen molar-refractivity contribution in [2.75, 3.05) is 16.0 Å². The standard InChI is InChI=1S/C28H27BrN6O3S2/c1-14-5-7-18(17(29)9-14)32-22(37)13-39-27-34-33-26(40-27)35-19-10-28(3,4)11-20(36)24(19)23(16(12-30)25(35)31)21-8-6-15(2)38-21/h5-9,23H,10-11,13,31H2,1-4H3,(H,32,37). The first kappa shape index (κ1) is 28.1. The molecule has 12 heteroatoms. The van der Waals surface area contributed by atoms with E-state index in [9.17, 15) is 14.9 Å². The van der Waals surface area contributed by atoms with Crippen molar-refractivity contribution in [3.63, 3.8) is 0 Å². The van der Waals surface area contributed by atoms with Gasteiger partial charge in [0, 0.05) is 22.2 Å². The summed E-state index contributed by atoms with van der Waals surface area (Å²) in [6.45, 7) is 7.86. The van der Waals surface area contributed by atoms with Crippen LogP contribution < -0.4 is 16.0 Å². The van der Waals surface area contributed by atoms with Gasteiger partial charge in [0.1, 0.15) is 17.3 Å². The second-order valence-corrected chi connectivity index (χ2v) is 13.6. The summed E-state index contributed by atoms with van der Waals surface area (Å²) < 4.78 is 7.26. The first-order chi connectivity index (χ1) is 19.0. The summed E-state index contributed by atoms with van der Waals surface area (Å²) in [6.07, 6.45) is 0.900. The summed E-state index contributed by atoms with van der Waals surface area (Å²) in [6, 6.07) is 11.5. The fourth-order valence-electron chi connectivity index (χ4n) is 5.01. The highest BCUT2D eigenvalue weighted by Gasteiger charge is 2.46. The molecule has 1 atom stereocenters. The number of benzene rings is 1. The van der Waals surface area contributed by atoms with E-state index >= 15 is 0 Å². The molecule has 0 fully saturated rings. The molecular weight excluding hydrogens is 612 g/mol. The maximum Gasteiger partial charge on any atom is 0.234 e. The van der Waals surface area contributed by atoms with Gasteiger partial charge < -0.3 is 15.5 Å². The molecular formula is C28H27BrN6O3S2. The fourth-order valence-corrected chi connectivity index (χ4v) is 7.28. The maximum absolute atomic E-state index is 13.6. The number of nitrogens with two attached hydrogens (primary N) is 1. The first-order valence-electron chi connectivity index (χ1n) is 12.5. The molecule has 1 amide bonds. The molecule has 0 saturated heterocycles. The van der Waals surface area contributed by atoms with E-state index in [-0.39, 0.29) is 34.3 Å². The Morgan fingerprint density at radius 3 is 2.75 bits per heavy atom. The Balaban J connectivity index is 1.44. The molecule has 1 aliphatic carbocycles. The average molecular weight is 640 g/mol. The number of rotatable bonds is 6. The Morgan fingerprint density at radius 1 is 1.30 bits per heavy atom. The fraction of sp³-hybridized carbons (Fsp3) is 0.321. The Hall–Kier alpha value is -3.40. The topological polar surface area (TPSA) is 138 Å². The molecule has 2 aliphatic rings. The lowest BCUT2D eigenvalue weighted by atomic mass is 9.69. The number of hydrogen-bond donors (Lipinski definition) is 2. The molecule has 3 N–H and O–H groups in total. The van der Waals surface area contributed by atoms with E-state index < -0.39 is 5.92 Å². The molecule has 9 nitrogen and oxygen atoms in total. The number of allylic oxidation sites excluding steroid dienone is 3. The zero-order valence-corrected chi connectivity index (χ0v) is 25.6. The van der Waals surface area contributed by atoms with Crippen LogP contribution in [0, 0.1) is 30.6 Å². The third-order valence-corrected chi connectivity index (χ3v) is 9.44. The van der Waals surface area contributed by atoms with Crippen molar-refractivity contribution in [1.82, 2.24) is 10.2 Å². The molecule has 5 rings (SSSR count). The van der Waals surface area contributed by atoms with Crippen molar-refractivity contribution < 1.29 is 14.0 Å². The highest BCUT2D eigenvalue weighted by atomic mass is 79.9. The Labute approximate surface area is 248 Å².